The first-order valence-electron chi connectivity index (χ1n) is 6.64. The molecule has 1 aromatic rings. The van der Waals surface area contributed by atoms with Crippen molar-refractivity contribution < 1.29 is 13.5 Å². The SMILES string of the molecule is CC1OC(C)C(C(Br)Cc2c(F)cccc2F)C1C. The molecule has 1 nitrogen and oxygen atoms in total. The Bertz CT molecular complexity index is 432. The Morgan fingerprint density at radius 1 is 1.16 bits per heavy atom. The van der Waals surface area contributed by atoms with E-state index in [1.54, 1.807) is 0 Å². The van der Waals surface area contributed by atoms with E-state index in [-0.39, 0.29) is 28.5 Å². The number of hydrogen-bond acceptors (Lipinski definition) is 1. The van der Waals surface area contributed by atoms with E-state index in [1.807, 2.05) is 13.8 Å². The fourth-order valence-electron chi connectivity index (χ4n) is 2.98. The van der Waals surface area contributed by atoms with Gasteiger partial charge in [-0.25, -0.2) is 8.78 Å². The summed E-state index contributed by atoms with van der Waals surface area (Å²) < 4.78 is 33.1. The van der Waals surface area contributed by atoms with E-state index in [2.05, 4.69) is 22.9 Å². The smallest absolute Gasteiger partial charge is 0.129 e. The maximum atomic E-state index is 13.7. The van der Waals surface area contributed by atoms with E-state index >= 15 is 0 Å². The summed E-state index contributed by atoms with van der Waals surface area (Å²) in [6, 6.07) is 4.00. The molecule has 0 bridgehead atoms. The molecule has 1 saturated heterocycles. The van der Waals surface area contributed by atoms with Crippen LogP contribution >= 0.6 is 15.9 Å². The summed E-state index contributed by atoms with van der Waals surface area (Å²) in [4.78, 5) is 0.00819. The highest BCUT2D eigenvalue weighted by Crippen LogP contribution is 2.38. The predicted octanol–water partition coefficient (Wildman–Crippen LogP) is 4.33. The second kappa shape index (κ2) is 5.88. The second-order valence-corrected chi connectivity index (χ2v) is 6.58. The number of rotatable bonds is 3. The maximum Gasteiger partial charge on any atom is 0.129 e. The van der Waals surface area contributed by atoms with Gasteiger partial charge in [0, 0.05) is 16.3 Å². The minimum Gasteiger partial charge on any atom is -0.375 e. The molecule has 0 N–H and O–H groups in total. The predicted molar refractivity (Wildman–Crippen MR) is 75.4 cm³/mol. The van der Waals surface area contributed by atoms with Crippen LogP contribution in [0.3, 0.4) is 0 Å². The van der Waals surface area contributed by atoms with Crippen LogP contribution in [-0.4, -0.2) is 17.0 Å². The van der Waals surface area contributed by atoms with E-state index < -0.39 is 11.6 Å². The van der Waals surface area contributed by atoms with Crippen molar-refractivity contribution in [3.05, 3.63) is 35.4 Å². The topological polar surface area (TPSA) is 9.23 Å². The lowest BCUT2D eigenvalue weighted by Crippen LogP contribution is -2.28. The van der Waals surface area contributed by atoms with Gasteiger partial charge in [-0.15, -0.1) is 0 Å². The molecule has 1 fully saturated rings. The van der Waals surface area contributed by atoms with Crippen molar-refractivity contribution in [1.29, 1.82) is 0 Å². The minimum absolute atomic E-state index is 0.00819. The first-order valence-corrected chi connectivity index (χ1v) is 7.55. The standard InChI is InChI=1S/C15H19BrF2O/c1-8-9(2)19-10(3)15(8)12(16)7-11-13(17)5-4-6-14(11)18/h4-6,8-10,12,15H,7H2,1-3H3. The molecule has 0 aliphatic carbocycles. The summed E-state index contributed by atoms with van der Waals surface area (Å²) in [6.07, 6.45) is 0.628. The fourth-order valence-corrected chi connectivity index (χ4v) is 4.21. The number of hydrogen-bond donors (Lipinski definition) is 0. The number of halogens is 3. The Balaban J connectivity index is 2.15. The Morgan fingerprint density at radius 2 is 1.74 bits per heavy atom. The van der Waals surface area contributed by atoms with Gasteiger partial charge in [0.05, 0.1) is 12.2 Å². The van der Waals surface area contributed by atoms with Crippen LogP contribution in [0.2, 0.25) is 0 Å². The zero-order valence-electron chi connectivity index (χ0n) is 11.4. The lowest BCUT2D eigenvalue weighted by atomic mass is 9.84. The van der Waals surface area contributed by atoms with E-state index in [0.29, 0.717) is 12.3 Å². The second-order valence-electron chi connectivity index (χ2n) is 5.40. The molecule has 2 rings (SSSR count). The van der Waals surface area contributed by atoms with Gasteiger partial charge in [0.15, 0.2) is 0 Å². The summed E-state index contributed by atoms with van der Waals surface area (Å²) >= 11 is 3.60. The van der Waals surface area contributed by atoms with Gasteiger partial charge in [-0.2, -0.15) is 0 Å². The van der Waals surface area contributed by atoms with Crippen LogP contribution in [0.15, 0.2) is 18.2 Å². The Labute approximate surface area is 121 Å². The van der Waals surface area contributed by atoms with Crippen molar-refractivity contribution >= 4 is 15.9 Å². The van der Waals surface area contributed by atoms with Gasteiger partial charge in [-0.05, 0) is 38.3 Å². The highest BCUT2D eigenvalue weighted by atomic mass is 79.9. The van der Waals surface area contributed by atoms with Gasteiger partial charge in [0.2, 0.25) is 0 Å². The molecule has 5 unspecified atom stereocenters. The lowest BCUT2D eigenvalue weighted by molar-refractivity contribution is 0.0511. The van der Waals surface area contributed by atoms with Gasteiger partial charge in [-0.1, -0.05) is 28.9 Å². The minimum atomic E-state index is -0.475. The van der Waals surface area contributed by atoms with Crippen LogP contribution in [0.4, 0.5) is 8.78 Å². The summed E-state index contributed by atoms with van der Waals surface area (Å²) in [7, 11) is 0. The number of ether oxygens (including phenoxy) is 1. The first-order chi connectivity index (χ1) is 8.91. The fraction of sp³-hybridized carbons (Fsp3) is 0.600. The van der Waals surface area contributed by atoms with Gasteiger partial charge in [0.25, 0.3) is 0 Å². The van der Waals surface area contributed by atoms with Crippen molar-refractivity contribution in [2.75, 3.05) is 0 Å². The summed E-state index contributed by atoms with van der Waals surface area (Å²) in [5.74, 6) is -0.323. The molecule has 1 aliphatic heterocycles. The zero-order chi connectivity index (χ0) is 14.2. The van der Waals surface area contributed by atoms with Crippen LogP contribution in [0.5, 0.6) is 0 Å². The van der Waals surface area contributed by atoms with Gasteiger partial charge in [0.1, 0.15) is 11.6 Å². The van der Waals surface area contributed by atoms with Crippen LogP contribution in [0, 0.1) is 23.5 Å². The van der Waals surface area contributed by atoms with E-state index in [4.69, 9.17) is 4.74 Å². The molecular weight excluding hydrogens is 314 g/mol. The molecular formula is C15H19BrF2O. The van der Waals surface area contributed by atoms with E-state index in [1.165, 1.54) is 18.2 Å². The summed E-state index contributed by atoms with van der Waals surface area (Å²) in [5, 5.41) is 0. The van der Waals surface area contributed by atoms with Crippen molar-refractivity contribution in [3.63, 3.8) is 0 Å². The van der Waals surface area contributed by atoms with Crippen molar-refractivity contribution in [3.8, 4) is 0 Å². The summed E-state index contributed by atoms with van der Waals surface area (Å²) in [6.45, 7) is 6.20. The molecule has 5 atom stereocenters. The maximum absolute atomic E-state index is 13.7. The van der Waals surface area contributed by atoms with Gasteiger partial charge < -0.3 is 4.74 Å². The Kier molecular flexibility index (Phi) is 4.62. The van der Waals surface area contributed by atoms with E-state index in [9.17, 15) is 8.78 Å². The van der Waals surface area contributed by atoms with Crippen molar-refractivity contribution in [2.45, 2.75) is 44.2 Å². The Morgan fingerprint density at radius 3 is 2.21 bits per heavy atom. The van der Waals surface area contributed by atoms with Gasteiger partial charge in [-0.3, -0.25) is 0 Å². The average molecular weight is 333 g/mol. The van der Waals surface area contributed by atoms with E-state index in [0.717, 1.165) is 0 Å². The van der Waals surface area contributed by atoms with Crippen LogP contribution in [-0.2, 0) is 11.2 Å². The van der Waals surface area contributed by atoms with Crippen LogP contribution < -0.4 is 0 Å². The molecule has 19 heavy (non-hydrogen) atoms. The normalized spacial score (nSPS) is 32.5. The third-order valence-corrected chi connectivity index (χ3v) is 5.13. The largest absolute Gasteiger partial charge is 0.375 e. The molecule has 0 radical (unpaired) electrons. The molecule has 0 aromatic heterocycles. The van der Waals surface area contributed by atoms with Crippen LogP contribution in [0.1, 0.15) is 26.3 Å². The molecule has 0 amide bonds. The third-order valence-electron chi connectivity index (χ3n) is 4.20. The van der Waals surface area contributed by atoms with Crippen molar-refractivity contribution in [1.82, 2.24) is 0 Å². The summed E-state index contributed by atoms with van der Waals surface area (Å²) in [5.41, 5.74) is 0.156. The molecule has 0 saturated carbocycles. The molecule has 1 heterocycles. The number of alkyl halides is 1. The van der Waals surface area contributed by atoms with Crippen LogP contribution in [0.25, 0.3) is 0 Å². The molecule has 1 aromatic carbocycles. The number of benzene rings is 1. The first kappa shape index (κ1) is 14.9. The quantitative estimate of drug-likeness (QED) is 0.748. The molecule has 106 valence electrons. The lowest BCUT2D eigenvalue weighted by Gasteiger charge is -2.24. The molecule has 1 aliphatic rings. The monoisotopic (exact) mass is 332 g/mol. The van der Waals surface area contributed by atoms with Crippen molar-refractivity contribution in [2.24, 2.45) is 11.8 Å². The highest BCUT2D eigenvalue weighted by Gasteiger charge is 2.41. The third kappa shape index (κ3) is 3.00. The Hall–Kier alpha value is -0.480. The average Bonchev–Trinajstić information content (AvgIpc) is 2.58. The highest BCUT2D eigenvalue weighted by molar-refractivity contribution is 9.09. The molecule has 4 heteroatoms. The molecule has 0 spiro atoms. The van der Waals surface area contributed by atoms with Gasteiger partial charge >= 0.3 is 0 Å². The zero-order valence-corrected chi connectivity index (χ0v) is 13.0.